The summed E-state index contributed by atoms with van der Waals surface area (Å²) in [4.78, 5) is 33.0. The van der Waals surface area contributed by atoms with Crippen molar-refractivity contribution in [3.63, 3.8) is 0 Å². The molecular formula is C32H23Cl3IN3O4S. The van der Waals surface area contributed by atoms with Crippen LogP contribution in [0.4, 0.5) is 17.1 Å². The summed E-state index contributed by atoms with van der Waals surface area (Å²) in [5, 5.41) is 4.98. The lowest BCUT2D eigenvalue weighted by atomic mass is 10.1. The average Bonchev–Trinajstić information content (AvgIpc) is 3.29. The molecule has 0 aromatic heterocycles. The van der Waals surface area contributed by atoms with Crippen molar-refractivity contribution in [1.82, 2.24) is 0 Å². The number of aliphatic imine (C=N–C) groups is 1. The number of carbonyl (C=O) groups is 2. The maximum atomic E-state index is 13.8. The molecule has 0 radical (unpaired) electrons. The maximum absolute atomic E-state index is 13.8. The first-order chi connectivity index (χ1) is 21.2. The molecule has 0 aliphatic carbocycles. The largest absolute Gasteiger partial charge is 0.490 e. The van der Waals surface area contributed by atoms with Gasteiger partial charge in [0.2, 0.25) is 0 Å². The van der Waals surface area contributed by atoms with Gasteiger partial charge in [-0.25, -0.2) is 4.99 Å². The molecule has 44 heavy (non-hydrogen) atoms. The first-order valence-electron chi connectivity index (χ1n) is 13.2. The summed E-state index contributed by atoms with van der Waals surface area (Å²) in [6, 6.07) is 24.5. The fraction of sp³-hybridized carbons (Fsp3) is 0.0938. The van der Waals surface area contributed by atoms with Gasteiger partial charge in [0.25, 0.3) is 11.8 Å². The van der Waals surface area contributed by atoms with Crippen molar-refractivity contribution in [2.45, 2.75) is 6.92 Å². The van der Waals surface area contributed by atoms with Gasteiger partial charge in [0.15, 0.2) is 23.3 Å². The Kier molecular flexibility index (Phi) is 10.8. The van der Waals surface area contributed by atoms with E-state index in [9.17, 15) is 9.59 Å². The van der Waals surface area contributed by atoms with Crippen LogP contribution in [0.3, 0.4) is 0 Å². The average molecular weight is 779 g/mol. The van der Waals surface area contributed by atoms with Crippen LogP contribution in [0.15, 0.2) is 94.8 Å². The molecule has 1 fully saturated rings. The van der Waals surface area contributed by atoms with Gasteiger partial charge in [-0.2, -0.15) is 0 Å². The topological polar surface area (TPSA) is 80.2 Å². The quantitative estimate of drug-likeness (QED) is 0.135. The molecule has 4 aromatic rings. The van der Waals surface area contributed by atoms with Crippen LogP contribution in [0.2, 0.25) is 15.1 Å². The number of ether oxygens (including phenoxy) is 2. The number of anilines is 2. The minimum absolute atomic E-state index is 0.228. The molecule has 224 valence electrons. The number of amides is 2. The van der Waals surface area contributed by atoms with Gasteiger partial charge in [-0.1, -0.05) is 34.8 Å². The predicted octanol–water partition coefficient (Wildman–Crippen LogP) is 9.48. The number of nitrogens with one attached hydrogen (secondary N) is 1. The fourth-order valence-electron chi connectivity index (χ4n) is 4.09. The molecule has 1 aliphatic heterocycles. The Morgan fingerprint density at radius 2 is 1.55 bits per heavy atom. The van der Waals surface area contributed by atoms with Crippen LogP contribution in [0.25, 0.3) is 6.08 Å². The van der Waals surface area contributed by atoms with Crippen LogP contribution in [-0.2, 0) is 9.59 Å². The Bertz CT molecular complexity index is 1750. The smallest absolute Gasteiger partial charge is 0.271 e. The fourth-order valence-corrected chi connectivity index (χ4v) is 6.25. The molecule has 0 spiro atoms. The zero-order chi connectivity index (χ0) is 31.2. The summed E-state index contributed by atoms with van der Waals surface area (Å²) in [5.41, 5.74) is 2.61. The van der Waals surface area contributed by atoms with Crippen LogP contribution in [0.1, 0.15) is 12.5 Å². The van der Waals surface area contributed by atoms with Crippen LogP contribution in [0, 0.1) is 3.57 Å². The second kappa shape index (κ2) is 14.7. The summed E-state index contributed by atoms with van der Waals surface area (Å²) in [5.74, 6) is 0.307. The molecule has 0 saturated carbocycles. The molecule has 1 aliphatic rings. The van der Waals surface area contributed by atoms with Crippen molar-refractivity contribution in [3.05, 3.63) is 114 Å². The number of hydrogen-bond acceptors (Lipinski definition) is 6. The van der Waals surface area contributed by atoms with E-state index in [-0.39, 0.29) is 18.4 Å². The van der Waals surface area contributed by atoms with Crippen molar-refractivity contribution in [2.24, 2.45) is 4.99 Å². The Hall–Kier alpha value is -3.22. The molecule has 0 bridgehead atoms. The zero-order valence-corrected chi connectivity index (χ0v) is 28.3. The summed E-state index contributed by atoms with van der Waals surface area (Å²) >= 11 is 21.5. The van der Waals surface area contributed by atoms with Crippen molar-refractivity contribution >= 4 is 109 Å². The number of rotatable bonds is 9. The maximum Gasteiger partial charge on any atom is 0.271 e. The molecular weight excluding hydrogens is 756 g/mol. The second-order valence-corrected chi connectivity index (χ2v) is 12.7. The van der Waals surface area contributed by atoms with Crippen LogP contribution < -0.4 is 19.7 Å². The summed E-state index contributed by atoms with van der Waals surface area (Å²) in [6.07, 6.45) is 1.78. The van der Waals surface area contributed by atoms with Crippen molar-refractivity contribution in [1.29, 1.82) is 0 Å². The lowest BCUT2D eigenvalue weighted by Gasteiger charge is -2.16. The van der Waals surface area contributed by atoms with Gasteiger partial charge < -0.3 is 14.8 Å². The lowest BCUT2D eigenvalue weighted by molar-refractivity contribution is -0.118. The number of halogens is 4. The number of benzene rings is 4. The molecule has 1 heterocycles. The Balaban J connectivity index is 1.41. The molecule has 1 N–H and O–H groups in total. The highest BCUT2D eigenvalue weighted by Crippen LogP contribution is 2.40. The molecule has 12 heteroatoms. The monoisotopic (exact) mass is 777 g/mol. The van der Waals surface area contributed by atoms with Crippen molar-refractivity contribution < 1.29 is 19.1 Å². The van der Waals surface area contributed by atoms with Crippen molar-refractivity contribution in [2.75, 3.05) is 23.4 Å². The third-order valence-electron chi connectivity index (χ3n) is 6.05. The highest BCUT2D eigenvalue weighted by atomic mass is 127. The molecule has 4 aromatic carbocycles. The van der Waals surface area contributed by atoms with Crippen molar-refractivity contribution in [3.8, 4) is 11.5 Å². The molecule has 5 rings (SSSR count). The summed E-state index contributed by atoms with van der Waals surface area (Å²) in [6.45, 7) is 2.00. The third-order valence-corrected chi connectivity index (χ3v) is 8.57. The van der Waals surface area contributed by atoms with E-state index in [1.807, 2.05) is 13.0 Å². The van der Waals surface area contributed by atoms with E-state index in [0.717, 1.165) is 5.56 Å². The molecule has 7 nitrogen and oxygen atoms in total. The van der Waals surface area contributed by atoms with Gasteiger partial charge in [0.05, 0.1) is 26.5 Å². The minimum Gasteiger partial charge on any atom is -0.490 e. The van der Waals surface area contributed by atoms with Crippen LogP contribution in [-0.4, -0.2) is 30.2 Å². The Morgan fingerprint density at radius 3 is 2.18 bits per heavy atom. The zero-order valence-electron chi connectivity index (χ0n) is 23.0. The molecule has 0 unspecified atom stereocenters. The first kappa shape index (κ1) is 32.2. The number of carbonyl (C=O) groups excluding carboxylic acids is 2. The molecule has 2 amide bonds. The summed E-state index contributed by atoms with van der Waals surface area (Å²) in [7, 11) is 0. The minimum atomic E-state index is -0.334. The normalized spacial score (nSPS) is 14.8. The van der Waals surface area contributed by atoms with Gasteiger partial charge in [-0.05, 0) is 138 Å². The van der Waals surface area contributed by atoms with E-state index in [4.69, 9.17) is 49.3 Å². The van der Waals surface area contributed by atoms with Gasteiger partial charge in [0, 0.05) is 20.8 Å². The SMILES string of the molecule is CCOc1cc(/C=C2\SC(=Nc3ccc(Cl)cc3)N(c3ccc(Cl)cc3)C2=O)cc(I)c1OCC(=O)Nc1ccc(Cl)cc1. The number of amidine groups is 1. The van der Waals surface area contributed by atoms with Gasteiger partial charge in [0.1, 0.15) is 0 Å². The molecule has 0 atom stereocenters. The van der Waals surface area contributed by atoms with E-state index in [1.54, 1.807) is 89.8 Å². The second-order valence-electron chi connectivity index (χ2n) is 9.21. The number of hydrogen-bond donors (Lipinski definition) is 1. The number of nitrogens with zero attached hydrogens (tertiary/aromatic N) is 2. The van der Waals surface area contributed by atoms with Crippen LogP contribution in [0.5, 0.6) is 11.5 Å². The highest BCUT2D eigenvalue weighted by Gasteiger charge is 2.35. The lowest BCUT2D eigenvalue weighted by Crippen LogP contribution is -2.28. The summed E-state index contributed by atoms with van der Waals surface area (Å²) < 4.78 is 12.5. The van der Waals surface area contributed by atoms with Gasteiger partial charge in [-0.15, -0.1) is 0 Å². The van der Waals surface area contributed by atoms with E-state index >= 15 is 0 Å². The Labute approximate surface area is 287 Å². The van der Waals surface area contributed by atoms with Gasteiger partial charge in [-0.3, -0.25) is 14.5 Å². The molecule has 1 saturated heterocycles. The van der Waals surface area contributed by atoms with E-state index in [1.165, 1.54) is 11.8 Å². The van der Waals surface area contributed by atoms with E-state index in [2.05, 4.69) is 27.9 Å². The van der Waals surface area contributed by atoms with E-state index < -0.39 is 0 Å². The number of thioether (sulfide) groups is 1. The van der Waals surface area contributed by atoms with Crippen LogP contribution >= 0.6 is 69.2 Å². The predicted molar refractivity (Wildman–Crippen MR) is 189 cm³/mol. The first-order valence-corrected chi connectivity index (χ1v) is 16.2. The standard InChI is InChI=1S/C32H23Cl3IN3O4S/c1-2-42-27-16-19(15-26(36)30(27)43-18-29(40)37-23-9-3-20(33)4-10-23)17-28-31(41)39(25-13-7-22(35)8-14-25)32(44-28)38-24-11-5-21(34)6-12-24/h3-17H,2,18H2,1H3,(H,37,40)/b28-17-,38-32?. The van der Waals surface area contributed by atoms with E-state index in [0.29, 0.717) is 63.9 Å². The third kappa shape index (κ3) is 8.08. The highest BCUT2D eigenvalue weighted by molar-refractivity contribution is 14.1. The Morgan fingerprint density at radius 1 is 0.932 bits per heavy atom. The van der Waals surface area contributed by atoms with Gasteiger partial charge >= 0.3 is 0 Å².